The van der Waals surface area contributed by atoms with E-state index in [4.69, 9.17) is 0 Å². The number of piperidine rings is 1. The zero-order chi connectivity index (χ0) is 30.7. The Morgan fingerprint density at radius 1 is 0.976 bits per heavy atom. The topological polar surface area (TPSA) is 104 Å². The van der Waals surface area contributed by atoms with Crippen LogP contribution >= 0.6 is 0 Å². The lowest BCUT2D eigenvalue weighted by molar-refractivity contribution is -0.137. The Bertz CT molecular complexity index is 1510. The fourth-order valence-corrected chi connectivity index (χ4v) is 6.13. The molecule has 0 saturated carbocycles. The van der Waals surface area contributed by atoms with Crippen molar-refractivity contribution in [2.75, 3.05) is 23.8 Å². The van der Waals surface area contributed by atoms with E-state index >= 15 is 0 Å². The minimum Gasteiger partial charge on any atom is -0.394 e. The summed E-state index contributed by atoms with van der Waals surface area (Å²) < 4.78 is 63.2. The Kier molecular flexibility index (Phi) is 9.42. The van der Waals surface area contributed by atoms with Gasteiger partial charge in [-0.3, -0.25) is 9.59 Å². The molecule has 1 saturated heterocycles. The summed E-state index contributed by atoms with van der Waals surface area (Å²) in [5, 5.41) is 12.6. The molecule has 3 aromatic carbocycles. The summed E-state index contributed by atoms with van der Waals surface area (Å²) in [7, 11) is -3.38. The quantitative estimate of drug-likeness (QED) is 0.345. The number of Topliss-reactive ketones (excluding diaryl/α,β-unsaturated/α-hetero) is 1. The fraction of sp³-hybridized carbons (Fsp3) is 0.355. The van der Waals surface area contributed by atoms with Crippen LogP contribution in [0.2, 0.25) is 0 Å². The molecule has 1 amide bonds. The maximum atomic E-state index is 13.0. The molecule has 1 unspecified atom stereocenters. The first-order valence-corrected chi connectivity index (χ1v) is 15.3. The number of hydrogen-bond acceptors (Lipinski definition) is 6. The standard InChI is InChI=1S/C31H33F3N2O5S/c1-3-42(40,41)27-15-8-22(9-16-27)28(19-37)35-30(39)23-6-13-26(14-7-23)36-18-24(10-17-29(36)20(2)38)21-4-11-25(12-5-21)31(32,33)34/h4-9,11-16,24,28-29,37H,3,10,17-19H2,1-2H3,(H,35,39)/t24?,28-,29-/m0/s1. The second kappa shape index (κ2) is 12.7. The van der Waals surface area contributed by atoms with Crippen LogP contribution in [-0.4, -0.2) is 50.2 Å². The summed E-state index contributed by atoms with van der Waals surface area (Å²) >= 11 is 0. The van der Waals surface area contributed by atoms with Gasteiger partial charge in [-0.25, -0.2) is 8.42 Å². The van der Waals surface area contributed by atoms with Crippen molar-refractivity contribution >= 4 is 27.2 Å². The summed E-state index contributed by atoms with van der Waals surface area (Å²) in [5.74, 6) is -0.584. The summed E-state index contributed by atoms with van der Waals surface area (Å²) in [6, 6.07) is 16.6. The maximum Gasteiger partial charge on any atom is 0.416 e. The molecule has 0 bridgehead atoms. The van der Waals surface area contributed by atoms with Crippen LogP contribution in [0.3, 0.4) is 0 Å². The largest absolute Gasteiger partial charge is 0.416 e. The molecule has 4 rings (SSSR count). The van der Waals surface area contributed by atoms with Crippen molar-refractivity contribution in [1.82, 2.24) is 5.32 Å². The molecule has 0 spiro atoms. The van der Waals surface area contributed by atoms with Gasteiger partial charge in [0.1, 0.15) is 0 Å². The van der Waals surface area contributed by atoms with Crippen LogP contribution in [0.15, 0.2) is 77.7 Å². The third-order valence-electron chi connectivity index (χ3n) is 7.73. The lowest BCUT2D eigenvalue weighted by Gasteiger charge is -2.40. The van der Waals surface area contributed by atoms with E-state index in [-0.39, 0.29) is 22.3 Å². The van der Waals surface area contributed by atoms with Crippen LogP contribution in [0.1, 0.15) is 65.7 Å². The van der Waals surface area contributed by atoms with Crippen molar-refractivity contribution in [1.29, 1.82) is 0 Å². The molecule has 0 radical (unpaired) electrons. The van der Waals surface area contributed by atoms with Crippen molar-refractivity contribution in [2.24, 2.45) is 0 Å². The van der Waals surface area contributed by atoms with Gasteiger partial charge in [0.25, 0.3) is 5.91 Å². The smallest absolute Gasteiger partial charge is 0.394 e. The molecular weight excluding hydrogens is 569 g/mol. The van der Waals surface area contributed by atoms with Gasteiger partial charge in [-0.05, 0) is 79.4 Å². The van der Waals surface area contributed by atoms with Crippen LogP contribution in [0.25, 0.3) is 0 Å². The molecule has 7 nitrogen and oxygen atoms in total. The van der Waals surface area contributed by atoms with Gasteiger partial charge in [0.2, 0.25) is 0 Å². The van der Waals surface area contributed by atoms with Crippen molar-refractivity contribution in [2.45, 2.75) is 55.8 Å². The van der Waals surface area contributed by atoms with Gasteiger partial charge in [0.05, 0.1) is 34.9 Å². The maximum absolute atomic E-state index is 13.0. The number of alkyl halides is 3. The van der Waals surface area contributed by atoms with E-state index in [1.54, 1.807) is 43.3 Å². The monoisotopic (exact) mass is 602 g/mol. The number of carbonyl (C=O) groups excluding carboxylic acids is 2. The van der Waals surface area contributed by atoms with Crippen molar-refractivity contribution in [3.8, 4) is 0 Å². The Morgan fingerprint density at radius 2 is 1.60 bits per heavy atom. The lowest BCUT2D eigenvalue weighted by Crippen LogP contribution is -2.46. The predicted octanol–water partition coefficient (Wildman–Crippen LogP) is 5.30. The van der Waals surface area contributed by atoms with Crippen LogP contribution < -0.4 is 10.2 Å². The van der Waals surface area contributed by atoms with Crippen molar-refractivity contribution < 1.29 is 36.3 Å². The third-order valence-corrected chi connectivity index (χ3v) is 9.48. The molecule has 224 valence electrons. The number of sulfone groups is 1. The molecule has 0 aromatic heterocycles. The second-order valence-corrected chi connectivity index (χ2v) is 12.7. The lowest BCUT2D eigenvalue weighted by atomic mass is 9.85. The molecule has 0 aliphatic carbocycles. The number of rotatable bonds is 9. The minimum atomic E-state index is -4.41. The molecule has 1 fully saturated rings. The number of amides is 1. The van der Waals surface area contributed by atoms with E-state index in [0.29, 0.717) is 36.2 Å². The van der Waals surface area contributed by atoms with Gasteiger partial charge in [-0.15, -0.1) is 0 Å². The first kappa shape index (κ1) is 31.2. The summed E-state index contributed by atoms with van der Waals surface area (Å²) in [6.45, 7) is 3.09. The second-order valence-electron chi connectivity index (χ2n) is 10.4. The zero-order valence-electron chi connectivity index (χ0n) is 23.3. The van der Waals surface area contributed by atoms with Gasteiger partial charge < -0.3 is 15.3 Å². The molecule has 42 heavy (non-hydrogen) atoms. The molecule has 1 aliphatic heterocycles. The Morgan fingerprint density at radius 3 is 2.12 bits per heavy atom. The number of ketones is 1. The van der Waals surface area contributed by atoms with Crippen molar-refractivity contribution in [3.05, 3.63) is 95.1 Å². The van der Waals surface area contributed by atoms with Crippen LogP contribution in [0.4, 0.5) is 18.9 Å². The van der Waals surface area contributed by atoms with Gasteiger partial charge in [0, 0.05) is 23.7 Å². The summed E-state index contributed by atoms with van der Waals surface area (Å²) in [4.78, 5) is 27.5. The van der Waals surface area contributed by atoms with Gasteiger partial charge in [-0.2, -0.15) is 13.2 Å². The van der Waals surface area contributed by atoms with E-state index in [0.717, 1.165) is 17.7 Å². The van der Waals surface area contributed by atoms with Crippen molar-refractivity contribution in [3.63, 3.8) is 0 Å². The Hall–Kier alpha value is -3.70. The Labute approximate surface area is 243 Å². The molecule has 3 atom stereocenters. The first-order chi connectivity index (χ1) is 19.8. The number of halogens is 3. The van der Waals surface area contributed by atoms with Crippen LogP contribution in [-0.2, 0) is 20.8 Å². The van der Waals surface area contributed by atoms with E-state index in [2.05, 4.69) is 5.32 Å². The van der Waals surface area contributed by atoms with Gasteiger partial charge in [-0.1, -0.05) is 31.2 Å². The average molecular weight is 603 g/mol. The zero-order valence-corrected chi connectivity index (χ0v) is 24.1. The summed E-state index contributed by atoms with van der Waals surface area (Å²) in [6.07, 6.45) is -3.22. The highest BCUT2D eigenvalue weighted by atomic mass is 32.2. The highest BCUT2D eigenvalue weighted by molar-refractivity contribution is 7.91. The highest BCUT2D eigenvalue weighted by Crippen LogP contribution is 2.36. The SMILES string of the molecule is CCS(=O)(=O)c1ccc([C@H](CO)NC(=O)c2ccc(N3CC(c4ccc(C(F)(F)F)cc4)CC[C@H]3C(C)=O)cc2)cc1. The third kappa shape index (κ3) is 7.01. The average Bonchev–Trinajstić information content (AvgIpc) is 2.99. The first-order valence-electron chi connectivity index (χ1n) is 13.6. The fourth-order valence-electron chi connectivity index (χ4n) is 5.25. The molecule has 1 aliphatic rings. The van der Waals surface area contributed by atoms with Crippen LogP contribution in [0.5, 0.6) is 0 Å². The summed E-state index contributed by atoms with van der Waals surface area (Å²) in [5.41, 5.74) is 1.62. The number of hydrogen-bond donors (Lipinski definition) is 2. The minimum absolute atomic E-state index is 0.0220. The highest BCUT2D eigenvalue weighted by Gasteiger charge is 2.34. The van der Waals surface area contributed by atoms with E-state index in [1.807, 2.05) is 4.90 Å². The molecule has 1 heterocycles. The number of carbonyl (C=O) groups is 2. The number of nitrogens with one attached hydrogen (secondary N) is 1. The molecule has 11 heteroatoms. The predicted molar refractivity (Wildman–Crippen MR) is 153 cm³/mol. The molecule has 3 aromatic rings. The van der Waals surface area contributed by atoms with E-state index < -0.39 is 46.2 Å². The Balaban J connectivity index is 1.48. The van der Waals surface area contributed by atoms with Gasteiger partial charge >= 0.3 is 6.18 Å². The molecular formula is C31H33F3N2O5S. The number of benzene rings is 3. The number of aliphatic hydroxyl groups excluding tert-OH is 1. The number of nitrogens with zero attached hydrogens (tertiary/aromatic N) is 1. The number of anilines is 1. The van der Waals surface area contributed by atoms with E-state index in [1.165, 1.54) is 31.2 Å². The van der Waals surface area contributed by atoms with E-state index in [9.17, 15) is 36.3 Å². The number of aliphatic hydroxyl groups is 1. The van der Waals surface area contributed by atoms with Crippen LogP contribution in [0, 0.1) is 0 Å². The van der Waals surface area contributed by atoms with Gasteiger partial charge in [0.15, 0.2) is 15.6 Å². The molecule has 2 N–H and O–H groups in total. The normalized spacial score (nSPS) is 18.4.